The van der Waals surface area contributed by atoms with Gasteiger partial charge < -0.3 is 5.32 Å². The van der Waals surface area contributed by atoms with Crippen LogP contribution in [0.1, 0.15) is 47.5 Å². The van der Waals surface area contributed by atoms with E-state index in [-0.39, 0.29) is 0 Å². The van der Waals surface area contributed by atoms with Crippen LogP contribution in [0.5, 0.6) is 0 Å². The Morgan fingerprint density at radius 2 is 1.80 bits per heavy atom. The number of nitrogens with one attached hydrogen (secondary N) is 1. The van der Waals surface area contributed by atoms with E-state index in [1.807, 2.05) is 0 Å². The van der Waals surface area contributed by atoms with E-state index in [9.17, 15) is 0 Å². The molecule has 1 aliphatic heterocycles. The lowest BCUT2D eigenvalue weighted by molar-refractivity contribution is 0.0997. The number of hydrogen-bond acceptors (Lipinski definition) is 2. The molecule has 0 aliphatic carbocycles. The van der Waals surface area contributed by atoms with Gasteiger partial charge >= 0.3 is 0 Å². The Morgan fingerprint density at radius 3 is 2.20 bits per heavy atom. The first-order valence-electron chi connectivity index (χ1n) is 6.17. The molecule has 0 aromatic carbocycles. The smallest absolute Gasteiger partial charge is 0.0204 e. The molecule has 0 saturated carbocycles. The van der Waals surface area contributed by atoms with E-state index in [2.05, 4.69) is 51.9 Å². The van der Waals surface area contributed by atoms with Crippen LogP contribution in [-0.4, -0.2) is 36.6 Å². The molecule has 1 heterocycles. The zero-order chi connectivity index (χ0) is 11.7. The maximum atomic E-state index is 3.39. The summed E-state index contributed by atoms with van der Waals surface area (Å²) in [6, 6.07) is 0.698. The molecule has 2 nitrogen and oxygen atoms in total. The highest BCUT2D eigenvalue weighted by atomic mass is 15.2. The molecule has 1 N–H and O–H groups in total. The van der Waals surface area contributed by atoms with E-state index in [0.29, 0.717) is 17.0 Å². The predicted octanol–water partition coefficient (Wildman–Crippen LogP) is 2.49. The van der Waals surface area contributed by atoms with Crippen molar-refractivity contribution in [3.05, 3.63) is 0 Å². The van der Waals surface area contributed by atoms with Crippen LogP contribution in [0.3, 0.4) is 0 Å². The first kappa shape index (κ1) is 13.0. The van der Waals surface area contributed by atoms with E-state index in [0.717, 1.165) is 0 Å². The van der Waals surface area contributed by atoms with Gasteiger partial charge in [0.05, 0.1) is 0 Å². The zero-order valence-corrected chi connectivity index (χ0v) is 11.4. The van der Waals surface area contributed by atoms with E-state index < -0.39 is 0 Å². The fourth-order valence-electron chi connectivity index (χ4n) is 2.96. The van der Waals surface area contributed by atoms with Gasteiger partial charge in [-0.15, -0.1) is 0 Å². The van der Waals surface area contributed by atoms with E-state index in [1.165, 1.54) is 25.9 Å². The van der Waals surface area contributed by atoms with Crippen LogP contribution in [0, 0.1) is 5.41 Å². The quantitative estimate of drug-likeness (QED) is 0.773. The molecule has 0 amide bonds. The molecule has 0 spiro atoms. The number of likely N-dealkylation sites (tertiary alicyclic amines) is 1. The fourth-order valence-corrected chi connectivity index (χ4v) is 2.96. The second-order valence-electron chi connectivity index (χ2n) is 6.77. The summed E-state index contributed by atoms with van der Waals surface area (Å²) >= 11 is 0. The van der Waals surface area contributed by atoms with Crippen molar-refractivity contribution in [3.8, 4) is 0 Å². The number of nitrogens with zero attached hydrogens (tertiary/aromatic N) is 1. The van der Waals surface area contributed by atoms with Gasteiger partial charge in [0.1, 0.15) is 0 Å². The minimum absolute atomic E-state index is 0.337. The second-order valence-corrected chi connectivity index (χ2v) is 6.77. The van der Waals surface area contributed by atoms with Crippen LogP contribution < -0.4 is 5.32 Å². The van der Waals surface area contributed by atoms with Crippen molar-refractivity contribution in [3.63, 3.8) is 0 Å². The summed E-state index contributed by atoms with van der Waals surface area (Å²) in [7, 11) is 2.07. The average Bonchev–Trinajstić information content (AvgIpc) is 2.47. The van der Waals surface area contributed by atoms with Crippen molar-refractivity contribution in [2.75, 3.05) is 20.1 Å². The Morgan fingerprint density at radius 1 is 1.20 bits per heavy atom. The summed E-state index contributed by atoms with van der Waals surface area (Å²) in [4.78, 5) is 2.64. The molecule has 1 atom stereocenters. The van der Waals surface area contributed by atoms with Gasteiger partial charge in [0.2, 0.25) is 0 Å². The van der Waals surface area contributed by atoms with Crippen LogP contribution >= 0.6 is 0 Å². The Bertz CT molecular complexity index is 203. The standard InChI is InChI=1S/C13H28N2/c1-12(2,3)10-13(4,5)15-8-7-11(9-15)14-6/h11,14H,7-10H2,1-6H3. The van der Waals surface area contributed by atoms with Crippen molar-refractivity contribution in [1.82, 2.24) is 10.2 Å². The highest BCUT2D eigenvalue weighted by molar-refractivity contribution is 4.92. The molecule has 1 aliphatic rings. The Kier molecular flexibility index (Phi) is 3.83. The summed E-state index contributed by atoms with van der Waals surface area (Å²) in [5, 5.41) is 3.39. The molecule has 1 saturated heterocycles. The summed E-state index contributed by atoms with van der Waals surface area (Å²) in [6.07, 6.45) is 2.56. The molecule has 1 fully saturated rings. The van der Waals surface area contributed by atoms with Gasteiger partial charge in [-0.05, 0) is 39.2 Å². The zero-order valence-electron chi connectivity index (χ0n) is 11.4. The molecular weight excluding hydrogens is 184 g/mol. The van der Waals surface area contributed by atoms with Gasteiger partial charge in [0.25, 0.3) is 0 Å². The monoisotopic (exact) mass is 212 g/mol. The van der Waals surface area contributed by atoms with Gasteiger partial charge in [-0.2, -0.15) is 0 Å². The van der Waals surface area contributed by atoms with Crippen LogP contribution in [-0.2, 0) is 0 Å². The minimum atomic E-state index is 0.337. The first-order valence-corrected chi connectivity index (χ1v) is 6.17. The molecule has 0 radical (unpaired) electrons. The Hall–Kier alpha value is -0.0800. The Labute approximate surface area is 95.4 Å². The van der Waals surface area contributed by atoms with Crippen LogP contribution in [0.4, 0.5) is 0 Å². The van der Waals surface area contributed by atoms with Crippen molar-refractivity contribution in [2.45, 2.75) is 59.0 Å². The van der Waals surface area contributed by atoms with Gasteiger partial charge in [-0.25, -0.2) is 0 Å². The van der Waals surface area contributed by atoms with E-state index in [4.69, 9.17) is 0 Å². The third-order valence-electron chi connectivity index (χ3n) is 3.42. The summed E-state index contributed by atoms with van der Waals surface area (Å²) < 4.78 is 0. The highest BCUT2D eigenvalue weighted by Gasteiger charge is 2.35. The van der Waals surface area contributed by atoms with Crippen molar-refractivity contribution < 1.29 is 0 Å². The number of hydrogen-bond donors (Lipinski definition) is 1. The lowest BCUT2D eigenvalue weighted by Crippen LogP contribution is -2.46. The molecule has 1 rings (SSSR count). The average molecular weight is 212 g/mol. The molecule has 90 valence electrons. The maximum absolute atomic E-state index is 3.39. The van der Waals surface area contributed by atoms with Crippen molar-refractivity contribution >= 4 is 0 Å². The van der Waals surface area contributed by atoms with Crippen LogP contribution in [0.2, 0.25) is 0 Å². The third kappa shape index (κ3) is 3.76. The summed E-state index contributed by atoms with van der Waals surface area (Å²) in [5.74, 6) is 0. The lowest BCUT2D eigenvalue weighted by Gasteiger charge is -2.40. The maximum Gasteiger partial charge on any atom is 0.0204 e. The van der Waals surface area contributed by atoms with Gasteiger partial charge in [0, 0.05) is 24.7 Å². The molecule has 0 aromatic heterocycles. The van der Waals surface area contributed by atoms with Crippen molar-refractivity contribution in [2.24, 2.45) is 5.41 Å². The molecule has 0 bridgehead atoms. The van der Waals surface area contributed by atoms with Gasteiger partial charge in [-0.3, -0.25) is 4.90 Å². The molecule has 0 aromatic rings. The topological polar surface area (TPSA) is 15.3 Å². The van der Waals surface area contributed by atoms with E-state index in [1.54, 1.807) is 0 Å². The van der Waals surface area contributed by atoms with Crippen LogP contribution in [0.25, 0.3) is 0 Å². The minimum Gasteiger partial charge on any atom is -0.316 e. The second kappa shape index (κ2) is 4.42. The number of rotatable bonds is 3. The molecule has 15 heavy (non-hydrogen) atoms. The third-order valence-corrected chi connectivity index (χ3v) is 3.42. The van der Waals surface area contributed by atoms with E-state index >= 15 is 0 Å². The molecule has 1 unspecified atom stereocenters. The summed E-state index contributed by atoms with van der Waals surface area (Å²) in [5.41, 5.74) is 0.755. The number of likely N-dealkylation sites (N-methyl/N-ethyl adjacent to an activating group) is 1. The highest BCUT2D eigenvalue weighted by Crippen LogP contribution is 2.33. The largest absolute Gasteiger partial charge is 0.316 e. The van der Waals surface area contributed by atoms with Gasteiger partial charge in [-0.1, -0.05) is 20.8 Å². The SMILES string of the molecule is CNC1CCN(C(C)(C)CC(C)(C)C)C1. The van der Waals surface area contributed by atoms with Gasteiger partial charge in [0.15, 0.2) is 0 Å². The predicted molar refractivity (Wildman–Crippen MR) is 67.2 cm³/mol. The fraction of sp³-hybridized carbons (Fsp3) is 1.00. The molecule has 2 heteroatoms. The molecular formula is C13H28N2. The Balaban J connectivity index is 2.55. The van der Waals surface area contributed by atoms with Crippen molar-refractivity contribution in [1.29, 1.82) is 0 Å². The first-order chi connectivity index (χ1) is 6.74. The van der Waals surface area contributed by atoms with Crippen LogP contribution in [0.15, 0.2) is 0 Å². The summed E-state index contributed by atoms with van der Waals surface area (Å²) in [6.45, 7) is 14.2. The normalized spacial score (nSPS) is 24.8. The lowest BCUT2D eigenvalue weighted by atomic mass is 9.81.